The van der Waals surface area contributed by atoms with Gasteiger partial charge in [0.15, 0.2) is 5.82 Å². The molecule has 0 saturated heterocycles. The second kappa shape index (κ2) is 5.09. The van der Waals surface area contributed by atoms with E-state index in [2.05, 4.69) is 10.1 Å². The molecule has 104 valence electrons. The molecular weight excluding hydrogens is 254 g/mol. The molecule has 0 aliphatic heterocycles. The van der Waals surface area contributed by atoms with Crippen LogP contribution in [0.4, 0.5) is 0 Å². The first-order valence-electron chi connectivity index (χ1n) is 6.69. The van der Waals surface area contributed by atoms with Gasteiger partial charge >= 0.3 is 0 Å². The van der Waals surface area contributed by atoms with E-state index in [1.54, 1.807) is 0 Å². The highest BCUT2D eigenvalue weighted by atomic mass is 16.5. The van der Waals surface area contributed by atoms with E-state index in [4.69, 9.17) is 4.52 Å². The van der Waals surface area contributed by atoms with E-state index in [1.807, 2.05) is 48.9 Å². The fourth-order valence-corrected chi connectivity index (χ4v) is 2.29. The molecule has 5 heteroatoms. The van der Waals surface area contributed by atoms with Crippen LogP contribution in [-0.4, -0.2) is 19.8 Å². The minimum Gasteiger partial charge on any atom is -0.392 e. The predicted molar refractivity (Wildman–Crippen MR) is 75.3 cm³/mol. The Bertz CT molecular complexity index is 728. The van der Waals surface area contributed by atoms with Gasteiger partial charge < -0.3 is 14.2 Å². The van der Waals surface area contributed by atoms with E-state index in [0.29, 0.717) is 12.4 Å². The molecule has 0 aliphatic carbocycles. The molecule has 0 unspecified atom stereocenters. The summed E-state index contributed by atoms with van der Waals surface area (Å²) < 4.78 is 7.30. The second-order valence-electron chi connectivity index (χ2n) is 5.16. The first-order chi connectivity index (χ1) is 9.69. The second-order valence-corrected chi connectivity index (χ2v) is 5.16. The van der Waals surface area contributed by atoms with Gasteiger partial charge in [-0.1, -0.05) is 37.2 Å². The molecule has 0 amide bonds. The Morgan fingerprint density at radius 2 is 2.10 bits per heavy atom. The minimum atomic E-state index is 0.0224. The van der Waals surface area contributed by atoms with Crippen molar-refractivity contribution < 1.29 is 9.63 Å². The number of nitrogens with zero attached hydrogens (tertiary/aromatic N) is 3. The smallest absolute Gasteiger partial charge is 0.246 e. The Kier molecular flexibility index (Phi) is 3.28. The van der Waals surface area contributed by atoms with Crippen molar-refractivity contribution in [2.75, 3.05) is 0 Å². The molecule has 1 aromatic carbocycles. The Balaban J connectivity index is 1.97. The number of para-hydroxylation sites is 1. The van der Waals surface area contributed by atoms with Gasteiger partial charge in [0.05, 0.1) is 6.61 Å². The maximum Gasteiger partial charge on any atom is 0.246 e. The van der Waals surface area contributed by atoms with Crippen molar-refractivity contribution in [2.45, 2.75) is 32.9 Å². The van der Waals surface area contributed by atoms with Gasteiger partial charge in [-0.25, -0.2) is 0 Å². The molecule has 3 aromatic rings. The van der Waals surface area contributed by atoms with Crippen LogP contribution >= 0.6 is 0 Å². The lowest BCUT2D eigenvalue weighted by Crippen LogP contribution is -1.99. The van der Waals surface area contributed by atoms with Crippen molar-refractivity contribution in [2.24, 2.45) is 0 Å². The zero-order valence-electron chi connectivity index (χ0n) is 11.6. The number of aliphatic hydroxyl groups is 1. The molecule has 2 aromatic heterocycles. The third-order valence-electron chi connectivity index (χ3n) is 3.35. The summed E-state index contributed by atoms with van der Waals surface area (Å²) in [6.45, 7) is 4.60. The molecule has 2 heterocycles. The zero-order chi connectivity index (χ0) is 14.1. The van der Waals surface area contributed by atoms with E-state index in [0.717, 1.165) is 22.3 Å². The number of hydrogen-bond acceptors (Lipinski definition) is 4. The van der Waals surface area contributed by atoms with E-state index >= 15 is 0 Å². The fourth-order valence-electron chi connectivity index (χ4n) is 2.29. The predicted octanol–water partition coefficient (Wildman–Crippen LogP) is 2.69. The van der Waals surface area contributed by atoms with Crippen molar-refractivity contribution >= 4 is 10.9 Å². The van der Waals surface area contributed by atoms with E-state index < -0.39 is 0 Å². The highest BCUT2D eigenvalue weighted by Crippen LogP contribution is 2.22. The summed E-state index contributed by atoms with van der Waals surface area (Å²) in [7, 11) is 0. The van der Waals surface area contributed by atoms with Crippen LogP contribution in [0.2, 0.25) is 0 Å². The molecule has 1 N–H and O–H groups in total. The van der Waals surface area contributed by atoms with Crippen LogP contribution in [-0.2, 0) is 13.2 Å². The number of fused-ring (bicyclic) bond motifs is 1. The maximum absolute atomic E-state index is 9.43. The summed E-state index contributed by atoms with van der Waals surface area (Å²) >= 11 is 0. The average Bonchev–Trinajstić information content (AvgIpc) is 3.05. The molecule has 0 atom stereocenters. The Morgan fingerprint density at radius 3 is 2.80 bits per heavy atom. The monoisotopic (exact) mass is 271 g/mol. The van der Waals surface area contributed by atoms with Crippen LogP contribution in [0.15, 0.2) is 35.0 Å². The first-order valence-corrected chi connectivity index (χ1v) is 6.69. The van der Waals surface area contributed by atoms with Gasteiger partial charge in [-0.2, -0.15) is 4.98 Å². The SMILES string of the molecule is CC(C)c1noc(Cn2cc(CO)c3ccccc32)n1. The van der Waals surface area contributed by atoms with E-state index in [9.17, 15) is 5.11 Å². The van der Waals surface area contributed by atoms with E-state index in [-0.39, 0.29) is 12.5 Å². The molecule has 5 nitrogen and oxygen atoms in total. The van der Waals surface area contributed by atoms with Crippen LogP contribution in [0.25, 0.3) is 10.9 Å². The summed E-state index contributed by atoms with van der Waals surface area (Å²) in [5, 5.41) is 14.5. The van der Waals surface area contributed by atoms with Crippen molar-refractivity contribution in [1.29, 1.82) is 0 Å². The van der Waals surface area contributed by atoms with Gasteiger partial charge in [0, 0.05) is 28.6 Å². The van der Waals surface area contributed by atoms with Crippen LogP contribution in [0, 0.1) is 0 Å². The molecular formula is C15H17N3O2. The van der Waals surface area contributed by atoms with Gasteiger partial charge in [0.2, 0.25) is 5.89 Å². The van der Waals surface area contributed by atoms with Crippen LogP contribution in [0.1, 0.15) is 37.0 Å². The molecule has 3 rings (SSSR count). The Labute approximate surface area is 116 Å². The molecule has 0 aliphatic rings. The molecule has 0 bridgehead atoms. The average molecular weight is 271 g/mol. The fraction of sp³-hybridized carbons (Fsp3) is 0.333. The van der Waals surface area contributed by atoms with Crippen molar-refractivity contribution in [3.63, 3.8) is 0 Å². The first kappa shape index (κ1) is 12.9. The number of rotatable bonds is 4. The lowest BCUT2D eigenvalue weighted by atomic mass is 10.2. The summed E-state index contributed by atoms with van der Waals surface area (Å²) in [5.41, 5.74) is 1.96. The lowest BCUT2D eigenvalue weighted by Gasteiger charge is -2.00. The minimum absolute atomic E-state index is 0.0224. The van der Waals surface area contributed by atoms with Crippen LogP contribution in [0.5, 0.6) is 0 Å². The van der Waals surface area contributed by atoms with Crippen LogP contribution < -0.4 is 0 Å². The van der Waals surface area contributed by atoms with Gasteiger partial charge in [0.1, 0.15) is 6.54 Å². The quantitative estimate of drug-likeness (QED) is 0.792. The number of hydrogen-bond donors (Lipinski definition) is 1. The third-order valence-corrected chi connectivity index (χ3v) is 3.35. The Morgan fingerprint density at radius 1 is 1.30 bits per heavy atom. The van der Waals surface area contributed by atoms with Gasteiger partial charge in [-0.15, -0.1) is 0 Å². The topological polar surface area (TPSA) is 64.1 Å². The molecule has 20 heavy (non-hydrogen) atoms. The summed E-state index contributed by atoms with van der Waals surface area (Å²) in [5.74, 6) is 1.56. The summed E-state index contributed by atoms with van der Waals surface area (Å²) in [6, 6.07) is 7.97. The molecule has 0 radical (unpaired) electrons. The largest absolute Gasteiger partial charge is 0.392 e. The van der Waals surface area contributed by atoms with Crippen molar-refractivity contribution in [3.8, 4) is 0 Å². The van der Waals surface area contributed by atoms with E-state index in [1.165, 1.54) is 0 Å². The van der Waals surface area contributed by atoms with Crippen molar-refractivity contribution in [3.05, 3.63) is 47.7 Å². The molecule has 0 spiro atoms. The lowest BCUT2D eigenvalue weighted by molar-refractivity contribution is 0.283. The summed E-state index contributed by atoms with van der Waals surface area (Å²) in [4.78, 5) is 4.39. The highest BCUT2D eigenvalue weighted by Gasteiger charge is 2.12. The standard InChI is InChI=1S/C15H17N3O2/c1-10(2)15-16-14(20-17-15)8-18-7-11(9-19)12-5-3-4-6-13(12)18/h3-7,10,19H,8-9H2,1-2H3. The molecule has 0 fully saturated rings. The third kappa shape index (κ3) is 2.20. The highest BCUT2D eigenvalue weighted by molar-refractivity contribution is 5.83. The summed E-state index contributed by atoms with van der Waals surface area (Å²) in [6.07, 6.45) is 1.93. The van der Waals surface area contributed by atoms with Crippen LogP contribution in [0.3, 0.4) is 0 Å². The molecule has 0 saturated carbocycles. The zero-order valence-corrected chi connectivity index (χ0v) is 11.6. The van der Waals surface area contributed by atoms with Crippen molar-refractivity contribution in [1.82, 2.24) is 14.7 Å². The van der Waals surface area contributed by atoms with Gasteiger partial charge in [-0.05, 0) is 6.07 Å². The number of aromatic nitrogens is 3. The normalized spacial score (nSPS) is 11.6. The number of aliphatic hydroxyl groups excluding tert-OH is 1. The Hall–Kier alpha value is -2.14. The number of benzene rings is 1. The van der Waals surface area contributed by atoms with Gasteiger partial charge in [0.25, 0.3) is 0 Å². The van der Waals surface area contributed by atoms with Gasteiger partial charge in [-0.3, -0.25) is 0 Å². The maximum atomic E-state index is 9.43.